The highest BCUT2D eigenvalue weighted by molar-refractivity contribution is 6.30. The van der Waals surface area contributed by atoms with E-state index in [1.807, 2.05) is 0 Å². The topological polar surface area (TPSA) is 160 Å². The molecule has 212 valence electrons. The lowest BCUT2D eigenvalue weighted by atomic mass is 10.1. The van der Waals surface area contributed by atoms with Gasteiger partial charge in [-0.25, -0.2) is 4.39 Å². The number of rotatable bonds is 12. The maximum atomic E-state index is 14.1. The number of hydrogen-bond acceptors (Lipinski definition) is 6. The molecule has 40 heavy (non-hydrogen) atoms. The molecular weight excluding hydrogens is 543 g/mol. The van der Waals surface area contributed by atoms with Crippen LogP contribution in [0.15, 0.2) is 36.4 Å². The maximum Gasteiger partial charge on any atom is 0.269 e. The lowest BCUT2D eigenvalue weighted by Crippen LogP contribution is -2.47. The highest BCUT2D eigenvalue weighted by Gasteiger charge is 2.26. The summed E-state index contributed by atoms with van der Waals surface area (Å²) in [6, 6.07) is 8.51. The van der Waals surface area contributed by atoms with Gasteiger partial charge in [0, 0.05) is 29.6 Å². The van der Waals surface area contributed by atoms with Crippen LogP contribution < -0.4 is 16.4 Å². The Kier molecular flexibility index (Phi) is 9.00. The van der Waals surface area contributed by atoms with Crippen LogP contribution in [0.1, 0.15) is 42.2 Å². The van der Waals surface area contributed by atoms with Gasteiger partial charge in [0.2, 0.25) is 17.7 Å². The molecule has 0 saturated heterocycles. The summed E-state index contributed by atoms with van der Waals surface area (Å²) in [6.07, 6.45) is 2.50. The SMILES string of the molecule is C[C@H](CO)N(CC(=O)NCc1cccc(Cl)c1F)C(=O)Cn1nc(C(N)=O)c2cc(NC(=O)CC3CC3)ccc21. The van der Waals surface area contributed by atoms with Crippen LogP contribution in [0, 0.1) is 11.7 Å². The van der Waals surface area contributed by atoms with E-state index in [1.54, 1.807) is 31.2 Å². The first-order valence-corrected chi connectivity index (χ1v) is 13.1. The number of benzene rings is 2. The van der Waals surface area contributed by atoms with Gasteiger partial charge in [0.1, 0.15) is 12.4 Å². The molecule has 1 saturated carbocycles. The van der Waals surface area contributed by atoms with Gasteiger partial charge < -0.3 is 26.4 Å². The minimum atomic E-state index is -0.814. The number of amides is 4. The highest BCUT2D eigenvalue weighted by Crippen LogP contribution is 2.33. The van der Waals surface area contributed by atoms with Crippen LogP contribution in [0.4, 0.5) is 10.1 Å². The van der Waals surface area contributed by atoms with E-state index in [-0.39, 0.29) is 35.3 Å². The fourth-order valence-corrected chi connectivity index (χ4v) is 4.45. The molecule has 1 fully saturated rings. The lowest BCUT2D eigenvalue weighted by molar-refractivity contribution is -0.139. The van der Waals surface area contributed by atoms with Gasteiger partial charge in [0.25, 0.3) is 5.91 Å². The number of hydrogen-bond donors (Lipinski definition) is 4. The molecule has 5 N–H and O–H groups in total. The van der Waals surface area contributed by atoms with Crippen LogP contribution >= 0.6 is 11.6 Å². The first kappa shape index (κ1) is 29.0. The van der Waals surface area contributed by atoms with Crippen LogP contribution in [-0.4, -0.2) is 62.6 Å². The van der Waals surface area contributed by atoms with Crippen LogP contribution in [-0.2, 0) is 27.5 Å². The van der Waals surface area contributed by atoms with E-state index in [0.29, 0.717) is 28.9 Å². The average molecular weight is 573 g/mol. The minimum absolute atomic E-state index is 0.0769. The molecule has 4 rings (SSSR count). The van der Waals surface area contributed by atoms with Crippen molar-refractivity contribution in [2.24, 2.45) is 11.7 Å². The second-order valence-electron chi connectivity index (χ2n) is 9.84. The molecule has 1 aliphatic rings. The zero-order valence-electron chi connectivity index (χ0n) is 21.8. The molecule has 0 bridgehead atoms. The van der Waals surface area contributed by atoms with Gasteiger partial charge in [-0.1, -0.05) is 23.7 Å². The van der Waals surface area contributed by atoms with Crippen LogP contribution in [0.3, 0.4) is 0 Å². The Morgan fingerprint density at radius 3 is 2.65 bits per heavy atom. The Bertz CT molecular complexity index is 1460. The van der Waals surface area contributed by atoms with Gasteiger partial charge in [0.15, 0.2) is 5.69 Å². The van der Waals surface area contributed by atoms with Crippen LogP contribution in [0.2, 0.25) is 5.02 Å². The Hall–Kier alpha value is -4.03. The van der Waals surface area contributed by atoms with Gasteiger partial charge in [0.05, 0.1) is 29.7 Å². The fraction of sp³-hybridized carbons (Fsp3) is 0.370. The third-order valence-corrected chi connectivity index (χ3v) is 6.95. The number of nitrogens with zero attached hydrogens (tertiary/aromatic N) is 3. The standard InChI is InChI=1S/C27H30ClFN6O5/c1-15(14-36)34(12-23(38)31-11-17-3-2-4-20(28)25(17)29)24(39)13-35-21-8-7-18(32-22(37)9-16-5-6-16)10-19(21)26(33-35)27(30)40/h2-4,7-8,10,15-16,36H,5-6,9,11-14H2,1H3,(H2,30,40)(H,31,38)(H,32,37)/t15-/m1/s1. The summed E-state index contributed by atoms with van der Waals surface area (Å²) in [5.41, 5.74) is 6.51. The summed E-state index contributed by atoms with van der Waals surface area (Å²) in [4.78, 5) is 51.4. The number of anilines is 1. The molecule has 11 nitrogen and oxygen atoms in total. The number of aliphatic hydroxyl groups excluding tert-OH is 1. The van der Waals surface area contributed by atoms with Gasteiger partial charge in [-0.15, -0.1) is 0 Å². The Morgan fingerprint density at radius 2 is 1.98 bits per heavy atom. The number of aliphatic hydroxyl groups is 1. The summed E-state index contributed by atoms with van der Waals surface area (Å²) < 4.78 is 15.4. The van der Waals surface area contributed by atoms with Crippen LogP contribution in [0.25, 0.3) is 10.9 Å². The van der Waals surface area contributed by atoms with Crippen molar-refractivity contribution in [2.45, 2.75) is 45.3 Å². The smallest absolute Gasteiger partial charge is 0.269 e. The second kappa shape index (κ2) is 12.4. The van der Waals surface area contributed by atoms with Crippen molar-refractivity contribution in [1.29, 1.82) is 0 Å². The molecule has 13 heteroatoms. The normalized spacial score (nSPS) is 13.6. The molecule has 1 atom stereocenters. The molecule has 0 aliphatic heterocycles. The third-order valence-electron chi connectivity index (χ3n) is 6.66. The lowest BCUT2D eigenvalue weighted by Gasteiger charge is -2.27. The number of nitrogens with two attached hydrogens (primary N) is 1. The number of aromatic nitrogens is 2. The van der Waals surface area contributed by atoms with Crippen molar-refractivity contribution >= 4 is 51.8 Å². The zero-order chi connectivity index (χ0) is 29.0. The fourth-order valence-electron chi connectivity index (χ4n) is 4.25. The van der Waals surface area contributed by atoms with Crippen LogP contribution in [0.5, 0.6) is 0 Å². The predicted octanol–water partition coefficient (Wildman–Crippen LogP) is 2.19. The van der Waals surface area contributed by atoms with E-state index in [1.165, 1.54) is 16.8 Å². The van der Waals surface area contributed by atoms with Crippen molar-refractivity contribution in [2.75, 3.05) is 18.5 Å². The maximum absolute atomic E-state index is 14.1. The molecule has 0 spiro atoms. The van der Waals surface area contributed by atoms with Crippen molar-refractivity contribution < 1.29 is 28.7 Å². The second-order valence-corrected chi connectivity index (χ2v) is 10.2. The van der Waals surface area contributed by atoms with E-state index in [2.05, 4.69) is 15.7 Å². The van der Waals surface area contributed by atoms with E-state index >= 15 is 0 Å². The van der Waals surface area contributed by atoms with Gasteiger partial charge in [-0.05, 0) is 49.9 Å². The van der Waals surface area contributed by atoms with E-state index < -0.39 is 42.7 Å². The highest BCUT2D eigenvalue weighted by atomic mass is 35.5. The van der Waals surface area contributed by atoms with Gasteiger partial charge in [-0.3, -0.25) is 23.9 Å². The number of halogens is 2. The van der Waals surface area contributed by atoms with Crippen molar-refractivity contribution in [3.63, 3.8) is 0 Å². The molecule has 2 aromatic carbocycles. The average Bonchev–Trinajstić information content (AvgIpc) is 3.66. The molecular formula is C27H30ClFN6O5. The summed E-state index contributed by atoms with van der Waals surface area (Å²) in [5.74, 6) is -2.33. The summed E-state index contributed by atoms with van der Waals surface area (Å²) in [6.45, 7) is 0.220. The Balaban J connectivity index is 1.49. The number of carbonyl (C=O) groups excluding carboxylic acids is 4. The first-order valence-electron chi connectivity index (χ1n) is 12.8. The molecule has 4 amide bonds. The number of primary amides is 1. The number of nitrogens with one attached hydrogen (secondary N) is 2. The summed E-state index contributed by atoms with van der Waals surface area (Å²) in [7, 11) is 0. The first-order chi connectivity index (χ1) is 19.1. The quantitative estimate of drug-likeness (QED) is 0.260. The summed E-state index contributed by atoms with van der Waals surface area (Å²) >= 11 is 5.78. The summed E-state index contributed by atoms with van der Waals surface area (Å²) in [5, 5.41) is 19.6. The molecule has 1 aliphatic carbocycles. The van der Waals surface area contributed by atoms with Crippen molar-refractivity contribution in [1.82, 2.24) is 20.0 Å². The van der Waals surface area contributed by atoms with Crippen molar-refractivity contribution in [3.05, 3.63) is 58.5 Å². The zero-order valence-corrected chi connectivity index (χ0v) is 22.6. The molecule has 0 radical (unpaired) electrons. The minimum Gasteiger partial charge on any atom is -0.394 e. The van der Waals surface area contributed by atoms with Gasteiger partial charge in [-0.2, -0.15) is 5.10 Å². The van der Waals surface area contributed by atoms with Gasteiger partial charge >= 0.3 is 0 Å². The largest absolute Gasteiger partial charge is 0.394 e. The number of fused-ring (bicyclic) bond motifs is 1. The Morgan fingerprint density at radius 1 is 1.23 bits per heavy atom. The Labute approximate surface area is 234 Å². The van der Waals surface area contributed by atoms with E-state index in [4.69, 9.17) is 17.3 Å². The van der Waals surface area contributed by atoms with Crippen molar-refractivity contribution in [3.8, 4) is 0 Å². The molecule has 0 unspecified atom stereocenters. The van der Waals surface area contributed by atoms with E-state index in [9.17, 15) is 28.7 Å². The monoisotopic (exact) mass is 572 g/mol. The molecule has 1 heterocycles. The predicted molar refractivity (Wildman–Crippen MR) is 146 cm³/mol. The number of carbonyl (C=O) groups is 4. The molecule has 3 aromatic rings. The van der Waals surface area contributed by atoms with E-state index in [0.717, 1.165) is 17.7 Å². The third kappa shape index (κ3) is 6.93. The molecule has 1 aromatic heterocycles.